The van der Waals surface area contributed by atoms with Gasteiger partial charge in [-0.05, 0) is 37.6 Å². The molecule has 0 amide bonds. The molecule has 2 atom stereocenters. The van der Waals surface area contributed by atoms with Gasteiger partial charge in [-0.3, -0.25) is 10.0 Å². The van der Waals surface area contributed by atoms with Crippen LogP contribution in [0.15, 0.2) is 22.2 Å². The van der Waals surface area contributed by atoms with E-state index in [1.54, 1.807) is 19.9 Å². The zero-order valence-electron chi connectivity index (χ0n) is 16.3. The Morgan fingerprint density at radius 1 is 1.29 bits per heavy atom. The first-order chi connectivity index (χ1) is 14.5. The lowest BCUT2D eigenvalue weighted by Gasteiger charge is -2.28. The average molecular weight is 514 g/mol. The SMILES string of the molecule is Cc1cc(Br)cc2c1OC(C(F)(F)F)C(C(=O)OCOC(=O)OCCC(C)ONO)=C2. The number of carbonyl (C=O) groups excluding carboxylic acids is 2. The minimum atomic E-state index is -4.88. The lowest BCUT2D eigenvalue weighted by Crippen LogP contribution is -2.41. The summed E-state index contributed by atoms with van der Waals surface area (Å²) in [5.74, 6) is -1.37. The van der Waals surface area contributed by atoms with Crippen LogP contribution in [-0.2, 0) is 23.8 Å². The predicted octanol–water partition coefficient (Wildman–Crippen LogP) is 3.81. The van der Waals surface area contributed by atoms with E-state index in [0.717, 1.165) is 6.08 Å². The third kappa shape index (κ3) is 7.09. The average Bonchev–Trinajstić information content (AvgIpc) is 2.66. The van der Waals surface area contributed by atoms with E-state index in [1.165, 1.54) is 11.7 Å². The maximum atomic E-state index is 13.4. The van der Waals surface area contributed by atoms with E-state index in [1.807, 2.05) is 0 Å². The summed E-state index contributed by atoms with van der Waals surface area (Å²) in [7, 11) is 0. The molecule has 0 fully saturated rings. The third-order valence-corrected chi connectivity index (χ3v) is 4.45. The predicted molar refractivity (Wildman–Crippen MR) is 101 cm³/mol. The number of halogens is 4. The number of nitrogens with one attached hydrogen (secondary N) is 1. The van der Waals surface area contributed by atoms with Crippen molar-refractivity contribution in [3.05, 3.63) is 33.3 Å². The maximum absolute atomic E-state index is 13.4. The molecular formula is C18H19BrF3NO8. The van der Waals surface area contributed by atoms with Gasteiger partial charge < -0.3 is 18.9 Å². The second-order valence-corrected chi connectivity index (χ2v) is 7.30. The molecule has 13 heteroatoms. The monoisotopic (exact) mass is 513 g/mol. The Morgan fingerprint density at radius 2 is 2.00 bits per heavy atom. The molecule has 0 radical (unpaired) electrons. The van der Waals surface area contributed by atoms with Gasteiger partial charge in [0.2, 0.25) is 12.9 Å². The normalized spacial score (nSPS) is 16.5. The van der Waals surface area contributed by atoms with Crippen LogP contribution in [0, 0.1) is 6.92 Å². The Morgan fingerprint density at radius 3 is 2.65 bits per heavy atom. The van der Waals surface area contributed by atoms with Gasteiger partial charge in [0.15, 0.2) is 0 Å². The molecule has 172 valence electrons. The van der Waals surface area contributed by atoms with Crippen molar-refractivity contribution in [1.29, 1.82) is 0 Å². The molecule has 0 saturated carbocycles. The highest BCUT2D eigenvalue weighted by Gasteiger charge is 2.49. The molecule has 0 bridgehead atoms. The maximum Gasteiger partial charge on any atom is 0.511 e. The van der Waals surface area contributed by atoms with E-state index in [4.69, 9.17) is 9.94 Å². The molecule has 1 aromatic rings. The number of rotatable bonds is 8. The first-order valence-corrected chi connectivity index (χ1v) is 9.58. The Bertz CT molecular complexity index is 846. The number of benzene rings is 1. The molecule has 1 heterocycles. The highest BCUT2D eigenvalue weighted by molar-refractivity contribution is 9.10. The molecule has 0 spiro atoms. The van der Waals surface area contributed by atoms with Crippen LogP contribution in [0.3, 0.4) is 0 Å². The molecule has 1 aliphatic rings. The lowest BCUT2D eigenvalue weighted by atomic mass is 9.99. The van der Waals surface area contributed by atoms with E-state index in [9.17, 15) is 22.8 Å². The summed E-state index contributed by atoms with van der Waals surface area (Å²) in [6.07, 6.45) is -7.89. The molecule has 9 nitrogen and oxygen atoms in total. The Balaban J connectivity index is 1.98. The summed E-state index contributed by atoms with van der Waals surface area (Å²) in [5, 5.41) is 8.33. The zero-order chi connectivity index (χ0) is 23.2. The molecule has 1 aliphatic heterocycles. The van der Waals surface area contributed by atoms with Crippen LogP contribution in [0.2, 0.25) is 0 Å². The number of alkyl halides is 3. The number of aryl methyl sites for hydroxylation is 1. The number of fused-ring (bicyclic) bond motifs is 1. The number of ether oxygens (including phenoxy) is 4. The standard InChI is InChI=1S/C18H19BrF3NO8/c1-9-5-12(19)6-11-7-13(15(18(20,21)22)30-14(9)11)16(24)28-8-29-17(25)27-4-3-10(2)31-23-26/h5-7,10,15,23,26H,3-4,8H2,1-2H3. The van der Waals surface area contributed by atoms with Crippen molar-refractivity contribution in [2.24, 2.45) is 0 Å². The number of carbonyl (C=O) groups is 2. The number of hydrogen-bond acceptors (Lipinski definition) is 9. The van der Waals surface area contributed by atoms with Gasteiger partial charge in [0.05, 0.1) is 18.3 Å². The second kappa shape index (κ2) is 10.8. The summed E-state index contributed by atoms with van der Waals surface area (Å²) < 4.78 is 59.8. The highest BCUT2D eigenvalue weighted by Crippen LogP contribution is 2.40. The Kier molecular flexibility index (Phi) is 8.68. The molecule has 2 rings (SSSR count). The van der Waals surface area contributed by atoms with Gasteiger partial charge in [-0.1, -0.05) is 21.6 Å². The summed E-state index contributed by atoms with van der Waals surface area (Å²) in [5.41, 5.74) is 1.39. The Hall–Kier alpha value is -2.35. The van der Waals surface area contributed by atoms with Gasteiger partial charge in [-0.2, -0.15) is 13.2 Å². The molecule has 1 aromatic carbocycles. The van der Waals surface area contributed by atoms with Crippen molar-refractivity contribution < 1.29 is 51.8 Å². The summed E-state index contributed by atoms with van der Waals surface area (Å²) >= 11 is 3.23. The minimum absolute atomic E-state index is 0.00323. The summed E-state index contributed by atoms with van der Waals surface area (Å²) in [4.78, 5) is 28.2. The van der Waals surface area contributed by atoms with Crippen molar-refractivity contribution in [3.8, 4) is 5.75 Å². The molecule has 0 aromatic heterocycles. The fourth-order valence-electron chi connectivity index (χ4n) is 2.57. The van der Waals surface area contributed by atoms with E-state index >= 15 is 0 Å². The van der Waals surface area contributed by atoms with E-state index in [-0.39, 0.29) is 24.3 Å². The van der Waals surface area contributed by atoms with E-state index < -0.39 is 42.9 Å². The first-order valence-electron chi connectivity index (χ1n) is 8.79. The first kappa shape index (κ1) is 24.9. The smallest absolute Gasteiger partial charge is 0.475 e. The lowest BCUT2D eigenvalue weighted by molar-refractivity contribution is -0.189. The van der Waals surface area contributed by atoms with Crippen LogP contribution in [0.4, 0.5) is 18.0 Å². The van der Waals surface area contributed by atoms with Gasteiger partial charge >= 0.3 is 18.3 Å². The second-order valence-electron chi connectivity index (χ2n) is 6.38. The van der Waals surface area contributed by atoms with Crippen molar-refractivity contribution in [2.45, 2.75) is 38.7 Å². The molecule has 31 heavy (non-hydrogen) atoms. The van der Waals surface area contributed by atoms with Crippen LogP contribution in [0.25, 0.3) is 6.08 Å². The fourth-order valence-corrected chi connectivity index (χ4v) is 3.16. The molecular weight excluding hydrogens is 495 g/mol. The van der Waals surface area contributed by atoms with Crippen molar-refractivity contribution in [3.63, 3.8) is 0 Å². The van der Waals surface area contributed by atoms with Crippen LogP contribution in [0.5, 0.6) is 5.75 Å². The molecule has 0 aliphatic carbocycles. The third-order valence-electron chi connectivity index (χ3n) is 4.00. The molecule has 2 unspecified atom stereocenters. The van der Waals surface area contributed by atoms with Crippen LogP contribution in [-0.4, -0.2) is 49.1 Å². The van der Waals surface area contributed by atoms with Gasteiger partial charge in [-0.25, -0.2) is 9.59 Å². The summed E-state index contributed by atoms with van der Waals surface area (Å²) in [6, 6.07) is 3.07. The van der Waals surface area contributed by atoms with Crippen LogP contribution >= 0.6 is 15.9 Å². The van der Waals surface area contributed by atoms with Crippen molar-refractivity contribution in [1.82, 2.24) is 5.64 Å². The highest BCUT2D eigenvalue weighted by atomic mass is 79.9. The Labute approximate surface area is 183 Å². The van der Waals surface area contributed by atoms with Gasteiger partial charge in [0.1, 0.15) is 5.75 Å². The van der Waals surface area contributed by atoms with Crippen LogP contribution in [0.1, 0.15) is 24.5 Å². The number of esters is 1. The van der Waals surface area contributed by atoms with E-state index in [0.29, 0.717) is 10.0 Å². The largest absolute Gasteiger partial charge is 0.511 e. The quantitative estimate of drug-likeness (QED) is 0.304. The minimum Gasteiger partial charge on any atom is -0.475 e. The van der Waals surface area contributed by atoms with Gasteiger partial charge in [0.25, 0.3) is 0 Å². The fraction of sp³-hybridized carbons (Fsp3) is 0.444. The molecule has 0 saturated heterocycles. The topological polar surface area (TPSA) is 113 Å². The van der Waals surface area contributed by atoms with Crippen LogP contribution < -0.4 is 10.4 Å². The number of hydrogen-bond donors (Lipinski definition) is 2. The van der Waals surface area contributed by atoms with Gasteiger partial charge in [-0.15, -0.1) is 0 Å². The van der Waals surface area contributed by atoms with Gasteiger partial charge in [0, 0.05) is 16.5 Å². The zero-order valence-corrected chi connectivity index (χ0v) is 17.9. The van der Waals surface area contributed by atoms with E-state index in [2.05, 4.69) is 35.0 Å². The van der Waals surface area contributed by atoms with Crippen molar-refractivity contribution in [2.75, 3.05) is 13.4 Å². The molecule has 2 N–H and O–H groups in total. The van der Waals surface area contributed by atoms with Crippen molar-refractivity contribution >= 4 is 34.1 Å². The summed E-state index contributed by atoms with van der Waals surface area (Å²) in [6.45, 7) is 2.04.